The zero-order chi connectivity index (χ0) is 26.4. The topological polar surface area (TPSA) is 36.9 Å². The third kappa shape index (κ3) is 4.35. The van der Waals surface area contributed by atoms with E-state index in [1.807, 2.05) is 72.8 Å². The lowest BCUT2D eigenvalue weighted by Crippen LogP contribution is -2.56. The Labute approximate surface area is 225 Å². The summed E-state index contributed by atoms with van der Waals surface area (Å²) in [6.45, 7) is 3.77. The smallest absolute Gasteiger partial charge is 0.398 e. The van der Waals surface area contributed by atoms with Crippen LogP contribution in [0.3, 0.4) is 0 Å². The minimum atomic E-state index is -1.02. The van der Waals surface area contributed by atoms with Crippen LogP contribution >= 0.6 is 0 Å². The largest absolute Gasteiger partial charge is 0.495 e. The number of methoxy groups -OCH3 is 2. The summed E-state index contributed by atoms with van der Waals surface area (Å²) < 4.78 is 26.6. The van der Waals surface area contributed by atoms with Gasteiger partial charge in [-0.1, -0.05) is 128 Å². The van der Waals surface area contributed by atoms with Crippen LogP contribution in [-0.2, 0) is 30.0 Å². The van der Waals surface area contributed by atoms with E-state index >= 15 is 0 Å². The molecule has 1 saturated heterocycles. The molecule has 0 aromatic heterocycles. The average Bonchev–Trinajstić information content (AvgIpc) is 3.41. The van der Waals surface area contributed by atoms with Crippen LogP contribution in [0.1, 0.15) is 22.3 Å². The van der Waals surface area contributed by atoms with Crippen molar-refractivity contribution in [3.05, 3.63) is 162 Å². The van der Waals surface area contributed by atoms with Gasteiger partial charge in [0, 0.05) is 14.2 Å². The van der Waals surface area contributed by atoms with Gasteiger partial charge in [-0.05, 0) is 28.2 Å². The molecule has 0 radical (unpaired) electrons. The van der Waals surface area contributed by atoms with Crippen LogP contribution in [0.5, 0.6) is 0 Å². The quantitative estimate of drug-likeness (QED) is 0.198. The molecular weight excluding hydrogens is 471 g/mol. The summed E-state index contributed by atoms with van der Waals surface area (Å²) in [4.78, 5) is 0. The number of hydrogen-bond acceptors (Lipinski definition) is 4. The lowest BCUT2D eigenvalue weighted by atomic mass is 9.71. The molecule has 0 spiro atoms. The highest BCUT2D eigenvalue weighted by Gasteiger charge is 2.61. The van der Waals surface area contributed by atoms with Gasteiger partial charge >= 0.3 is 7.12 Å². The average molecular weight is 502 g/mol. The zero-order valence-corrected chi connectivity index (χ0v) is 21.7. The number of hydrogen-bond donors (Lipinski definition) is 0. The van der Waals surface area contributed by atoms with Gasteiger partial charge in [-0.2, -0.15) is 0 Å². The Morgan fingerprint density at radius 2 is 0.895 bits per heavy atom. The Bertz CT molecular complexity index is 1180. The summed E-state index contributed by atoms with van der Waals surface area (Å²) in [6, 6.07) is 40.6. The molecule has 4 aromatic carbocycles. The molecule has 4 aromatic rings. The van der Waals surface area contributed by atoms with Crippen molar-refractivity contribution in [1.82, 2.24) is 0 Å². The van der Waals surface area contributed by atoms with E-state index in [0.29, 0.717) is 0 Å². The number of ether oxygens (including phenoxy) is 2. The highest BCUT2D eigenvalue weighted by atomic mass is 16.7. The molecular formula is C33H31BO4. The molecule has 0 N–H and O–H groups in total. The SMILES string of the molecule is C=C=CB1OC(C(OC)(c2ccccc2)c2ccccc2)C(C(OC)(c2ccccc2)c2ccccc2)O1. The first-order valence-corrected chi connectivity index (χ1v) is 12.7. The van der Waals surface area contributed by atoms with Crippen LogP contribution in [0.2, 0.25) is 0 Å². The molecule has 0 amide bonds. The first-order chi connectivity index (χ1) is 18.7. The van der Waals surface area contributed by atoms with E-state index in [9.17, 15) is 0 Å². The van der Waals surface area contributed by atoms with Gasteiger partial charge in [0.2, 0.25) is 0 Å². The van der Waals surface area contributed by atoms with E-state index in [-0.39, 0.29) is 0 Å². The molecule has 1 aliphatic rings. The van der Waals surface area contributed by atoms with E-state index < -0.39 is 30.5 Å². The molecule has 5 heteroatoms. The fourth-order valence-electron chi connectivity index (χ4n) is 5.69. The molecule has 4 nitrogen and oxygen atoms in total. The van der Waals surface area contributed by atoms with Gasteiger partial charge in [-0.15, -0.1) is 5.73 Å². The van der Waals surface area contributed by atoms with E-state index in [2.05, 4.69) is 60.8 Å². The van der Waals surface area contributed by atoms with Gasteiger partial charge in [0.1, 0.15) is 23.4 Å². The second-order valence-corrected chi connectivity index (χ2v) is 9.20. The number of rotatable bonds is 9. The molecule has 2 unspecified atom stereocenters. The maximum absolute atomic E-state index is 6.75. The van der Waals surface area contributed by atoms with Crippen LogP contribution in [-0.4, -0.2) is 33.5 Å². The highest BCUT2D eigenvalue weighted by molar-refractivity contribution is 6.51. The summed E-state index contributed by atoms with van der Waals surface area (Å²) in [7, 11) is 2.74. The van der Waals surface area contributed by atoms with Crippen molar-refractivity contribution in [2.75, 3.05) is 14.2 Å². The zero-order valence-electron chi connectivity index (χ0n) is 21.7. The Balaban J connectivity index is 1.81. The third-order valence-corrected chi connectivity index (χ3v) is 7.35. The molecule has 0 aliphatic carbocycles. The molecule has 1 fully saturated rings. The van der Waals surface area contributed by atoms with Gasteiger partial charge in [0.25, 0.3) is 0 Å². The summed E-state index contributed by atoms with van der Waals surface area (Å²) in [5.74, 6) is 1.69. The normalized spacial score (nSPS) is 17.7. The van der Waals surface area contributed by atoms with Crippen LogP contribution in [0.25, 0.3) is 0 Å². The van der Waals surface area contributed by atoms with Gasteiger partial charge in [-0.25, -0.2) is 0 Å². The van der Waals surface area contributed by atoms with Crippen LogP contribution < -0.4 is 0 Å². The van der Waals surface area contributed by atoms with Gasteiger partial charge in [-0.3, -0.25) is 0 Å². The standard InChI is InChI=1S/C33H31BO4/c1-4-25-34-37-30(32(35-2,26-17-9-5-10-18-26)27-19-11-6-12-20-27)31(38-34)33(36-3,28-21-13-7-14-22-28)29-23-15-8-16-24-29/h5-25,30-31H,1H2,2-3H3. The summed E-state index contributed by atoms with van der Waals surface area (Å²) in [6.07, 6.45) is -1.26. The van der Waals surface area contributed by atoms with E-state index in [1.54, 1.807) is 20.2 Å². The number of benzene rings is 4. The molecule has 0 saturated carbocycles. The Hall–Kier alpha value is -3.70. The van der Waals surface area contributed by atoms with Crippen molar-refractivity contribution in [2.24, 2.45) is 0 Å². The molecule has 5 rings (SSSR count). The van der Waals surface area contributed by atoms with Gasteiger partial charge in [0.05, 0.1) is 0 Å². The van der Waals surface area contributed by atoms with Gasteiger partial charge < -0.3 is 18.8 Å². The summed E-state index contributed by atoms with van der Waals surface area (Å²) >= 11 is 0. The van der Waals surface area contributed by atoms with Gasteiger partial charge in [0.15, 0.2) is 0 Å². The van der Waals surface area contributed by atoms with Crippen molar-refractivity contribution in [1.29, 1.82) is 0 Å². The second kappa shape index (κ2) is 11.4. The maximum atomic E-state index is 6.75. The van der Waals surface area contributed by atoms with E-state index in [0.717, 1.165) is 22.3 Å². The third-order valence-electron chi connectivity index (χ3n) is 7.35. The minimum Gasteiger partial charge on any atom is -0.398 e. The Morgan fingerprint density at radius 3 is 1.13 bits per heavy atom. The highest BCUT2D eigenvalue weighted by Crippen LogP contribution is 2.50. The summed E-state index contributed by atoms with van der Waals surface area (Å²) in [5, 5.41) is 0. The second-order valence-electron chi connectivity index (χ2n) is 9.20. The van der Waals surface area contributed by atoms with Crippen LogP contribution in [0.4, 0.5) is 0 Å². The lowest BCUT2D eigenvalue weighted by Gasteiger charge is -2.46. The van der Waals surface area contributed by atoms with Crippen molar-refractivity contribution in [3.8, 4) is 0 Å². The van der Waals surface area contributed by atoms with Crippen molar-refractivity contribution in [2.45, 2.75) is 23.4 Å². The van der Waals surface area contributed by atoms with Crippen molar-refractivity contribution in [3.63, 3.8) is 0 Å². The van der Waals surface area contributed by atoms with E-state index in [4.69, 9.17) is 18.8 Å². The fourth-order valence-corrected chi connectivity index (χ4v) is 5.69. The lowest BCUT2D eigenvalue weighted by molar-refractivity contribution is -0.136. The molecule has 0 bridgehead atoms. The van der Waals surface area contributed by atoms with E-state index in [1.165, 1.54) is 0 Å². The van der Waals surface area contributed by atoms with Crippen LogP contribution in [0.15, 0.2) is 140 Å². The molecule has 38 heavy (non-hydrogen) atoms. The molecule has 1 aliphatic heterocycles. The first-order valence-electron chi connectivity index (χ1n) is 12.7. The minimum absolute atomic E-state index is 0.632. The Morgan fingerprint density at radius 1 is 0.605 bits per heavy atom. The van der Waals surface area contributed by atoms with Crippen LogP contribution in [0, 0.1) is 0 Å². The molecule has 190 valence electrons. The fraction of sp³-hybridized carbons (Fsp3) is 0.182. The Kier molecular flexibility index (Phi) is 7.76. The van der Waals surface area contributed by atoms with Crippen molar-refractivity contribution < 1.29 is 18.8 Å². The van der Waals surface area contributed by atoms with Crippen molar-refractivity contribution >= 4 is 7.12 Å². The maximum Gasteiger partial charge on any atom is 0.495 e. The predicted octanol–water partition coefficient (Wildman–Crippen LogP) is 6.32. The molecule has 1 heterocycles. The summed E-state index contributed by atoms with van der Waals surface area (Å²) in [5.41, 5.74) is 4.58. The first kappa shape index (κ1) is 25.9. The predicted molar refractivity (Wildman–Crippen MR) is 151 cm³/mol. The monoisotopic (exact) mass is 502 g/mol. The molecule has 2 atom stereocenters.